The van der Waals surface area contributed by atoms with Gasteiger partial charge in [-0.3, -0.25) is 0 Å². The average Bonchev–Trinajstić information content (AvgIpc) is 2.54. The van der Waals surface area contributed by atoms with Crippen LogP contribution in [0.5, 0.6) is 0 Å². The van der Waals surface area contributed by atoms with E-state index in [9.17, 15) is 0 Å². The van der Waals surface area contributed by atoms with Crippen LogP contribution in [0.1, 0.15) is 13.8 Å². The SMILES string of the molecule is CC1(C)OC(C#N)C2OCOC21. The molecule has 3 unspecified atom stereocenters. The fraction of sp³-hybridized carbons (Fsp3) is 0.875. The Morgan fingerprint density at radius 1 is 1.42 bits per heavy atom. The predicted molar refractivity (Wildman–Crippen MR) is 39.2 cm³/mol. The summed E-state index contributed by atoms with van der Waals surface area (Å²) in [4.78, 5) is 0. The summed E-state index contributed by atoms with van der Waals surface area (Å²) in [7, 11) is 0. The second-order valence-corrected chi connectivity index (χ2v) is 3.61. The van der Waals surface area contributed by atoms with Crippen molar-refractivity contribution in [3.05, 3.63) is 0 Å². The van der Waals surface area contributed by atoms with Crippen LogP contribution in [0.2, 0.25) is 0 Å². The lowest BCUT2D eigenvalue weighted by Gasteiger charge is -2.22. The first kappa shape index (κ1) is 7.99. The van der Waals surface area contributed by atoms with Gasteiger partial charge in [0.2, 0.25) is 0 Å². The van der Waals surface area contributed by atoms with Crippen molar-refractivity contribution in [1.82, 2.24) is 0 Å². The zero-order chi connectivity index (χ0) is 8.77. The number of hydrogen-bond acceptors (Lipinski definition) is 4. The van der Waals surface area contributed by atoms with Crippen molar-refractivity contribution in [2.45, 2.75) is 37.8 Å². The van der Waals surface area contributed by atoms with E-state index in [1.807, 2.05) is 13.8 Å². The molecule has 4 nitrogen and oxygen atoms in total. The van der Waals surface area contributed by atoms with Crippen molar-refractivity contribution in [3.63, 3.8) is 0 Å². The molecule has 0 N–H and O–H groups in total. The number of rotatable bonds is 0. The van der Waals surface area contributed by atoms with E-state index in [-0.39, 0.29) is 19.0 Å². The van der Waals surface area contributed by atoms with Gasteiger partial charge in [0.25, 0.3) is 0 Å². The summed E-state index contributed by atoms with van der Waals surface area (Å²) in [6, 6.07) is 2.06. The largest absolute Gasteiger partial charge is 0.352 e. The van der Waals surface area contributed by atoms with Gasteiger partial charge in [0.15, 0.2) is 6.10 Å². The van der Waals surface area contributed by atoms with Gasteiger partial charge in [0.1, 0.15) is 19.0 Å². The molecule has 2 fully saturated rings. The van der Waals surface area contributed by atoms with E-state index in [4.69, 9.17) is 19.5 Å². The highest BCUT2D eigenvalue weighted by molar-refractivity contribution is 5.08. The van der Waals surface area contributed by atoms with Crippen molar-refractivity contribution in [2.75, 3.05) is 6.79 Å². The molecule has 0 aromatic heterocycles. The summed E-state index contributed by atoms with van der Waals surface area (Å²) in [5.41, 5.74) is -0.401. The molecule has 0 aromatic carbocycles. The minimum absolute atomic E-state index is 0.0952. The molecule has 4 heteroatoms. The molecule has 0 amide bonds. The lowest BCUT2D eigenvalue weighted by atomic mass is 9.99. The van der Waals surface area contributed by atoms with Gasteiger partial charge in [-0.15, -0.1) is 0 Å². The molecular formula is C8H11NO3. The second kappa shape index (κ2) is 2.43. The first-order valence-electron chi connectivity index (χ1n) is 3.96. The average molecular weight is 169 g/mol. The number of nitrogens with zero attached hydrogens (tertiary/aromatic N) is 1. The van der Waals surface area contributed by atoms with Crippen LogP contribution in [0.3, 0.4) is 0 Å². The van der Waals surface area contributed by atoms with Gasteiger partial charge in [-0.1, -0.05) is 0 Å². The number of fused-ring (bicyclic) bond motifs is 1. The van der Waals surface area contributed by atoms with E-state index in [0.717, 1.165) is 0 Å². The Morgan fingerprint density at radius 3 is 2.83 bits per heavy atom. The Labute approximate surface area is 71.0 Å². The maximum atomic E-state index is 8.73. The van der Waals surface area contributed by atoms with Gasteiger partial charge >= 0.3 is 0 Å². The molecule has 66 valence electrons. The fourth-order valence-corrected chi connectivity index (χ4v) is 1.78. The maximum Gasteiger partial charge on any atom is 0.173 e. The zero-order valence-electron chi connectivity index (χ0n) is 7.11. The molecule has 0 aliphatic carbocycles. The molecule has 0 aromatic rings. The molecule has 2 aliphatic heterocycles. The van der Waals surface area contributed by atoms with Gasteiger partial charge in [-0.25, -0.2) is 0 Å². The van der Waals surface area contributed by atoms with E-state index in [1.54, 1.807) is 0 Å². The Bertz CT molecular complexity index is 233. The van der Waals surface area contributed by atoms with Crippen molar-refractivity contribution >= 4 is 0 Å². The third-order valence-corrected chi connectivity index (χ3v) is 2.35. The van der Waals surface area contributed by atoms with Crippen LogP contribution in [-0.2, 0) is 14.2 Å². The van der Waals surface area contributed by atoms with Crippen molar-refractivity contribution in [3.8, 4) is 6.07 Å². The summed E-state index contributed by atoms with van der Waals surface area (Å²) in [6.45, 7) is 4.10. The van der Waals surface area contributed by atoms with Crippen LogP contribution in [0, 0.1) is 11.3 Å². The highest BCUT2D eigenvalue weighted by Crippen LogP contribution is 2.37. The Hall–Kier alpha value is -0.630. The highest BCUT2D eigenvalue weighted by Gasteiger charge is 2.54. The van der Waals surface area contributed by atoms with Gasteiger partial charge in [-0.05, 0) is 13.8 Å². The molecule has 0 radical (unpaired) electrons. The first-order chi connectivity index (χ1) is 5.65. The Balaban J connectivity index is 2.24. The topological polar surface area (TPSA) is 51.5 Å². The fourth-order valence-electron chi connectivity index (χ4n) is 1.78. The summed E-state index contributed by atoms with van der Waals surface area (Å²) in [5.74, 6) is 0. The summed E-state index contributed by atoms with van der Waals surface area (Å²) in [5, 5.41) is 8.73. The van der Waals surface area contributed by atoms with E-state index < -0.39 is 11.7 Å². The van der Waals surface area contributed by atoms with E-state index in [0.29, 0.717) is 0 Å². The Morgan fingerprint density at radius 2 is 2.17 bits per heavy atom. The van der Waals surface area contributed by atoms with Gasteiger partial charge < -0.3 is 14.2 Å². The molecule has 2 heterocycles. The number of hydrogen-bond donors (Lipinski definition) is 0. The summed E-state index contributed by atoms with van der Waals surface area (Å²) in [6.07, 6.45) is -0.778. The van der Waals surface area contributed by atoms with Crippen molar-refractivity contribution in [2.24, 2.45) is 0 Å². The van der Waals surface area contributed by atoms with Crippen molar-refractivity contribution in [1.29, 1.82) is 5.26 Å². The summed E-state index contributed by atoms with van der Waals surface area (Å²) >= 11 is 0. The van der Waals surface area contributed by atoms with Crippen LogP contribution < -0.4 is 0 Å². The van der Waals surface area contributed by atoms with Gasteiger partial charge in [0, 0.05) is 0 Å². The normalized spacial score (nSPS) is 43.9. The molecule has 2 aliphatic rings. The van der Waals surface area contributed by atoms with E-state index >= 15 is 0 Å². The number of ether oxygens (including phenoxy) is 3. The molecular weight excluding hydrogens is 158 g/mol. The standard InChI is InChI=1S/C8H11NO3/c1-8(2)7-6(10-4-11-7)5(3-9)12-8/h5-7H,4H2,1-2H3. The number of nitriles is 1. The molecule has 0 spiro atoms. The third kappa shape index (κ3) is 0.944. The van der Waals surface area contributed by atoms with Crippen LogP contribution in [-0.4, -0.2) is 30.7 Å². The van der Waals surface area contributed by atoms with E-state index in [2.05, 4.69) is 6.07 Å². The minimum atomic E-state index is -0.479. The third-order valence-electron chi connectivity index (χ3n) is 2.35. The molecule has 3 atom stereocenters. The van der Waals surface area contributed by atoms with Crippen LogP contribution >= 0.6 is 0 Å². The second-order valence-electron chi connectivity index (χ2n) is 3.61. The Kier molecular flexibility index (Phi) is 1.62. The predicted octanol–water partition coefficient (Wildman–Crippen LogP) is 0.429. The highest BCUT2D eigenvalue weighted by atomic mass is 16.7. The molecule has 0 saturated carbocycles. The maximum absolute atomic E-state index is 8.73. The monoisotopic (exact) mass is 169 g/mol. The van der Waals surface area contributed by atoms with Gasteiger partial charge in [-0.2, -0.15) is 5.26 Å². The quantitative estimate of drug-likeness (QED) is 0.527. The molecule has 2 saturated heterocycles. The first-order valence-corrected chi connectivity index (χ1v) is 3.96. The zero-order valence-corrected chi connectivity index (χ0v) is 7.11. The van der Waals surface area contributed by atoms with Crippen molar-refractivity contribution < 1.29 is 14.2 Å². The smallest absolute Gasteiger partial charge is 0.173 e. The van der Waals surface area contributed by atoms with E-state index in [1.165, 1.54) is 0 Å². The molecule has 2 rings (SSSR count). The van der Waals surface area contributed by atoms with Crippen LogP contribution in [0.15, 0.2) is 0 Å². The van der Waals surface area contributed by atoms with Crippen LogP contribution in [0.4, 0.5) is 0 Å². The van der Waals surface area contributed by atoms with Gasteiger partial charge in [0.05, 0.1) is 11.7 Å². The minimum Gasteiger partial charge on any atom is -0.352 e. The summed E-state index contributed by atoms with van der Waals surface area (Å²) < 4.78 is 16.0. The lowest BCUT2D eigenvalue weighted by molar-refractivity contribution is -0.0967. The molecule has 0 bridgehead atoms. The molecule has 12 heavy (non-hydrogen) atoms. The van der Waals surface area contributed by atoms with Crippen LogP contribution in [0.25, 0.3) is 0 Å². The lowest BCUT2D eigenvalue weighted by Crippen LogP contribution is -2.36.